The predicted molar refractivity (Wildman–Crippen MR) is 142 cm³/mol. The van der Waals surface area contributed by atoms with Gasteiger partial charge in [0.25, 0.3) is 0 Å². The van der Waals surface area contributed by atoms with Crippen molar-refractivity contribution in [1.82, 2.24) is 19.9 Å². The zero-order valence-corrected chi connectivity index (χ0v) is 20.8. The zero-order chi connectivity index (χ0) is 24.4. The van der Waals surface area contributed by atoms with E-state index in [0.717, 1.165) is 65.2 Å². The van der Waals surface area contributed by atoms with Crippen molar-refractivity contribution in [3.8, 4) is 17.0 Å². The Morgan fingerprint density at radius 3 is 2.60 bits per heavy atom. The molecule has 0 bridgehead atoms. The molecule has 3 heterocycles. The summed E-state index contributed by atoms with van der Waals surface area (Å²) in [6.07, 6.45) is 3.73. The van der Waals surface area contributed by atoms with Crippen molar-refractivity contribution in [3.05, 3.63) is 59.6 Å². The topological polar surface area (TPSA) is 88.1 Å². The van der Waals surface area contributed by atoms with Crippen LogP contribution in [0.4, 0.5) is 17.5 Å². The number of hydrogen-bond donors (Lipinski definition) is 2. The highest BCUT2D eigenvalue weighted by molar-refractivity contribution is 6.29. The maximum atomic E-state index is 6.16. The van der Waals surface area contributed by atoms with E-state index >= 15 is 0 Å². The first-order valence-corrected chi connectivity index (χ1v) is 12.1. The Balaban J connectivity index is 1.42. The highest BCUT2D eigenvalue weighted by atomic mass is 35.5. The third-order valence-electron chi connectivity index (χ3n) is 6.31. The molecule has 9 heteroatoms. The van der Waals surface area contributed by atoms with Crippen molar-refractivity contribution in [3.63, 3.8) is 0 Å². The van der Waals surface area contributed by atoms with E-state index in [4.69, 9.17) is 16.3 Å². The molecule has 0 aliphatic carbocycles. The minimum Gasteiger partial charge on any atom is -0.497 e. The molecular weight excluding hydrogens is 462 g/mol. The van der Waals surface area contributed by atoms with Gasteiger partial charge < -0.3 is 20.3 Å². The molecule has 0 atom stereocenters. The molecule has 2 aromatic heterocycles. The molecule has 1 aliphatic heterocycles. The van der Waals surface area contributed by atoms with Crippen LogP contribution in [0.2, 0.25) is 5.15 Å². The van der Waals surface area contributed by atoms with E-state index in [0.29, 0.717) is 23.0 Å². The zero-order valence-electron chi connectivity index (χ0n) is 20.0. The Hall–Kier alpha value is -3.65. The second-order valence-electron chi connectivity index (χ2n) is 8.63. The van der Waals surface area contributed by atoms with Crippen LogP contribution in [-0.2, 0) is 0 Å². The molecule has 2 N–H and O–H groups in total. The van der Waals surface area contributed by atoms with Gasteiger partial charge in [0.2, 0.25) is 5.95 Å². The first kappa shape index (κ1) is 23.1. The van der Waals surface area contributed by atoms with E-state index in [1.807, 2.05) is 32.2 Å². The predicted octanol–water partition coefficient (Wildman–Crippen LogP) is 5.18. The number of rotatable bonds is 6. The summed E-state index contributed by atoms with van der Waals surface area (Å²) in [5.74, 6) is 3.01. The van der Waals surface area contributed by atoms with Crippen molar-refractivity contribution in [2.24, 2.45) is 0 Å². The largest absolute Gasteiger partial charge is 0.497 e. The molecule has 0 radical (unpaired) electrons. The average molecular weight is 490 g/mol. The van der Waals surface area contributed by atoms with Crippen LogP contribution in [-0.4, -0.2) is 53.2 Å². The van der Waals surface area contributed by atoms with Crippen molar-refractivity contribution in [1.29, 1.82) is 0 Å². The average Bonchev–Trinajstić information content (AvgIpc) is 2.88. The highest BCUT2D eigenvalue weighted by Crippen LogP contribution is 2.34. The van der Waals surface area contributed by atoms with Gasteiger partial charge in [0.1, 0.15) is 22.5 Å². The maximum absolute atomic E-state index is 6.16. The van der Waals surface area contributed by atoms with E-state index in [1.54, 1.807) is 13.3 Å². The summed E-state index contributed by atoms with van der Waals surface area (Å²) in [5.41, 5.74) is 2.98. The van der Waals surface area contributed by atoms with Gasteiger partial charge in [0.15, 0.2) is 0 Å². The first-order valence-electron chi connectivity index (χ1n) is 11.7. The van der Waals surface area contributed by atoms with Gasteiger partial charge in [-0.3, -0.25) is 0 Å². The molecule has 0 amide bonds. The van der Waals surface area contributed by atoms with Crippen LogP contribution >= 0.6 is 11.6 Å². The van der Waals surface area contributed by atoms with Gasteiger partial charge in [-0.2, -0.15) is 0 Å². The quantitative estimate of drug-likeness (QED) is 0.358. The number of benzene rings is 2. The van der Waals surface area contributed by atoms with Gasteiger partial charge in [-0.05, 0) is 55.5 Å². The summed E-state index contributed by atoms with van der Waals surface area (Å²) < 4.78 is 5.51. The summed E-state index contributed by atoms with van der Waals surface area (Å²) in [6.45, 7) is 3.65. The van der Waals surface area contributed by atoms with E-state index in [9.17, 15) is 0 Å². The van der Waals surface area contributed by atoms with Crippen LogP contribution in [0, 0.1) is 6.92 Å². The third kappa shape index (κ3) is 5.07. The van der Waals surface area contributed by atoms with Crippen molar-refractivity contribution >= 4 is 39.8 Å². The number of aromatic nitrogens is 4. The molecule has 2 aromatic carbocycles. The summed E-state index contributed by atoms with van der Waals surface area (Å²) in [7, 11) is 3.52. The molecule has 1 fully saturated rings. The number of fused-ring (bicyclic) bond motifs is 1. The number of hydrogen-bond acceptors (Lipinski definition) is 8. The number of methoxy groups -OCH3 is 1. The Bertz CT molecular complexity index is 1330. The first-order chi connectivity index (χ1) is 17.0. The molecule has 8 nitrogen and oxygen atoms in total. The Morgan fingerprint density at radius 1 is 1.03 bits per heavy atom. The highest BCUT2D eigenvalue weighted by Gasteiger charge is 2.22. The fourth-order valence-electron chi connectivity index (χ4n) is 4.52. The van der Waals surface area contributed by atoms with E-state index in [2.05, 4.69) is 59.7 Å². The van der Waals surface area contributed by atoms with Gasteiger partial charge >= 0.3 is 0 Å². The Kier molecular flexibility index (Phi) is 6.55. The summed E-state index contributed by atoms with van der Waals surface area (Å²) in [6, 6.07) is 14.6. The van der Waals surface area contributed by atoms with Gasteiger partial charge in [-0.15, -0.1) is 0 Å². The number of nitrogens with zero attached hydrogens (tertiary/aromatic N) is 5. The number of ether oxygens (including phenoxy) is 1. The lowest BCUT2D eigenvalue weighted by molar-refractivity contribution is 0.415. The molecular formula is C26H28ClN7O. The minimum atomic E-state index is 0.326. The summed E-state index contributed by atoms with van der Waals surface area (Å²) in [4.78, 5) is 19.9. The molecule has 0 saturated carbocycles. The van der Waals surface area contributed by atoms with Crippen LogP contribution in [0.15, 0.2) is 48.7 Å². The van der Waals surface area contributed by atoms with E-state index in [-0.39, 0.29) is 0 Å². The van der Waals surface area contributed by atoms with Crippen LogP contribution in [0.25, 0.3) is 22.0 Å². The molecule has 180 valence electrons. The SMILES string of the molecule is CNc1nccc(-c2cc(NC3CCN(c4cc(Cl)nc(C)n4)CC3)c3cc(OC)ccc3c2)n1. The Morgan fingerprint density at radius 2 is 1.86 bits per heavy atom. The summed E-state index contributed by atoms with van der Waals surface area (Å²) in [5, 5.41) is 9.55. The number of nitrogens with one attached hydrogen (secondary N) is 2. The van der Waals surface area contributed by atoms with Gasteiger partial charge in [-0.25, -0.2) is 19.9 Å². The molecule has 35 heavy (non-hydrogen) atoms. The lowest BCUT2D eigenvalue weighted by Gasteiger charge is -2.34. The fourth-order valence-corrected chi connectivity index (χ4v) is 4.74. The number of halogens is 1. The number of piperidine rings is 1. The third-order valence-corrected chi connectivity index (χ3v) is 6.50. The molecule has 5 rings (SSSR count). The van der Waals surface area contributed by atoms with Crippen molar-refractivity contribution < 1.29 is 4.74 Å². The minimum absolute atomic E-state index is 0.326. The lowest BCUT2D eigenvalue weighted by atomic mass is 9.99. The maximum Gasteiger partial charge on any atom is 0.222 e. The van der Waals surface area contributed by atoms with Crippen LogP contribution in [0.1, 0.15) is 18.7 Å². The molecule has 1 saturated heterocycles. The smallest absolute Gasteiger partial charge is 0.222 e. The molecule has 0 unspecified atom stereocenters. The molecule has 1 aliphatic rings. The summed E-state index contributed by atoms with van der Waals surface area (Å²) >= 11 is 6.16. The van der Waals surface area contributed by atoms with Crippen molar-refractivity contribution in [2.45, 2.75) is 25.8 Å². The van der Waals surface area contributed by atoms with Crippen LogP contribution < -0.4 is 20.3 Å². The monoisotopic (exact) mass is 489 g/mol. The molecule has 4 aromatic rings. The second-order valence-corrected chi connectivity index (χ2v) is 9.02. The van der Waals surface area contributed by atoms with E-state index < -0.39 is 0 Å². The second kappa shape index (κ2) is 9.92. The van der Waals surface area contributed by atoms with Crippen molar-refractivity contribution in [2.75, 3.05) is 42.8 Å². The standard InChI is InChI=1S/C26H28ClN7O/c1-16-30-24(27)15-25(31-16)34-10-7-19(8-11-34)32-23-13-18(22-6-9-29-26(28-2)33-22)12-17-4-5-20(35-3)14-21(17)23/h4-6,9,12-15,19,32H,7-8,10-11H2,1-3H3,(H,28,29,33). The Labute approximate surface area is 209 Å². The normalized spacial score (nSPS) is 14.2. The van der Waals surface area contributed by atoms with E-state index in [1.165, 1.54) is 0 Å². The van der Waals surface area contributed by atoms with Crippen LogP contribution in [0.3, 0.4) is 0 Å². The van der Waals surface area contributed by atoms with Crippen LogP contribution in [0.5, 0.6) is 5.75 Å². The van der Waals surface area contributed by atoms with Gasteiger partial charge in [0, 0.05) is 55.1 Å². The fraction of sp³-hybridized carbons (Fsp3) is 0.308. The lowest BCUT2D eigenvalue weighted by Crippen LogP contribution is -2.39. The van der Waals surface area contributed by atoms with Gasteiger partial charge in [-0.1, -0.05) is 17.7 Å². The number of aryl methyl sites for hydroxylation is 1. The van der Waals surface area contributed by atoms with Gasteiger partial charge in [0.05, 0.1) is 12.8 Å². The molecule has 0 spiro atoms. The number of anilines is 3.